The van der Waals surface area contributed by atoms with Gasteiger partial charge in [-0.2, -0.15) is 0 Å². The number of nitrogens with one attached hydrogen (secondary N) is 1. The van der Waals surface area contributed by atoms with Crippen molar-refractivity contribution in [2.75, 3.05) is 23.0 Å². The van der Waals surface area contributed by atoms with Crippen LogP contribution in [0, 0.1) is 5.82 Å². The van der Waals surface area contributed by atoms with Gasteiger partial charge >= 0.3 is 0 Å². The summed E-state index contributed by atoms with van der Waals surface area (Å²) in [5.41, 5.74) is 7.66. The molecule has 124 valence electrons. The van der Waals surface area contributed by atoms with Crippen LogP contribution in [0.25, 0.3) is 0 Å². The van der Waals surface area contributed by atoms with Crippen molar-refractivity contribution in [1.82, 2.24) is 0 Å². The Balaban J connectivity index is 1.87. The van der Waals surface area contributed by atoms with Crippen LogP contribution in [0.15, 0.2) is 30.3 Å². The minimum atomic E-state index is -0.738. The van der Waals surface area contributed by atoms with Gasteiger partial charge in [0.15, 0.2) is 0 Å². The predicted octanol–water partition coefficient (Wildman–Crippen LogP) is 3.22. The third-order valence-electron chi connectivity index (χ3n) is 4.02. The fraction of sp³-hybridized carbons (Fsp3) is 0.176. The van der Waals surface area contributed by atoms with E-state index in [-0.39, 0.29) is 22.2 Å². The van der Waals surface area contributed by atoms with Crippen LogP contribution in [0.5, 0.6) is 0 Å². The summed E-state index contributed by atoms with van der Waals surface area (Å²) in [6, 6.07) is 7.62. The van der Waals surface area contributed by atoms with Crippen molar-refractivity contribution in [2.45, 2.75) is 12.8 Å². The molecule has 2 aromatic carbocycles. The fourth-order valence-electron chi connectivity index (χ4n) is 2.71. The minimum absolute atomic E-state index is 0.0231. The Kier molecular flexibility index (Phi) is 4.15. The summed E-state index contributed by atoms with van der Waals surface area (Å²) >= 11 is 5.78. The first kappa shape index (κ1) is 16.3. The highest BCUT2D eigenvalue weighted by atomic mass is 35.5. The molecule has 7 heteroatoms. The molecule has 1 aliphatic rings. The van der Waals surface area contributed by atoms with Gasteiger partial charge in [-0.05, 0) is 42.3 Å². The average Bonchev–Trinajstić information content (AvgIpc) is 2.54. The SMILES string of the molecule is CN1C(=O)CCc2cc(NC(=O)c3cc(Cl)cc(F)c3N)ccc21. The quantitative estimate of drug-likeness (QED) is 0.819. The normalized spacial score (nSPS) is 13.6. The molecule has 0 aliphatic carbocycles. The van der Waals surface area contributed by atoms with Crippen LogP contribution in [0.2, 0.25) is 5.02 Å². The smallest absolute Gasteiger partial charge is 0.257 e. The average molecular weight is 348 g/mol. The molecule has 0 atom stereocenters. The highest BCUT2D eigenvalue weighted by Crippen LogP contribution is 2.30. The van der Waals surface area contributed by atoms with Gasteiger partial charge < -0.3 is 16.0 Å². The van der Waals surface area contributed by atoms with Crippen molar-refractivity contribution in [3.8, 4) is 0 Å². The first-order chi connectivity index (χ1) is 11.4. The Morgan fingerprint density at radius 3 is 2.79 bits per heavy atom. The van der Waals surface area contributed by atoms with E-state index < -0.39 is 11.7 Å². The second kappa shape index (κ2) is 6.13. The molecule has 0 saturated carbocycles. The molecule has 0 bridgehead atoms. The fourth-order valence-corrected chi connectivity index (χ4v) is 2.91. The van der Waals surface area contributed by atoms with Crippen LogP contribution in [0.3, 0.4) is 0 Å². The van der Waals surface area contributed by atoms with Crippen LogP contribution in [0.4, 0.5) is 21.5 Å². The number of carbonyl (C=O) groups excluding carboxylic acids is 2. The summed E-state index contributed by atoms with van der Waals surface area (Å²) in [5, 5.41) is 2.78. The molecule has 0 radical (unpaired) electrons. The molecule has 0 spiro atoms. The summed E-state index contributed by atoms with van der Waals surface area (Å²) in [6.07, 6.45) is 1.03. The molecule has 3 rings (SSSR count). The second-order valence-electron chi connectivity index (χ2n) is 5.60. The number of halogens is 2. The van der Waals surface area contributed by atoms with Gasteiger partial charge in [0.1, 0.15) is 5.82 Å². The summed E-state index contributed by atoms with van der Waals surface area (Å²) in [6.45, 7) is 0. The lowest BCUT2D eigenvalue weighted by Gasteiger charge is -2.26. The number of fused-ring (bicyclic) bond motifs is 1. The van der Waals surface area contributed by atoms with Crippen molar-refractivity contribution < 1.29 is 14.0 Å². The molecule has 0 aromatic heterocycles. The van der Waals surface area contributed by atoms with Crippen molar-refractivity contribution in [1.29, 1.82) is 0 Å². The van der Waals surface area contributed by atoms with Gasteiger partial charge in [0.25, 0.3) is 5.91 Å². The van der Waals surface area contributed by atoms with E-state index in [2.05, 4.69) is 5.32 Å². The van der Waals surface area contributed by atoms with Gasteiger partial charge in [0.2, 0.25) is 5.91 Å². The Morgan fingerprint density at radius 2 is 2.04 bits per heavy atom. The number of carbonyl (C=O) groups is 2. The lowest BCUT2D eigenvalue weighted by molar-refractivity contribution is -0.118. The third kappa shape index (κ3) is 2.92. The molecule has 1 heterocycles. The second-order valence-corrected chi connectivity index (χ2v) is 6.04. The van der Waals surface area contributed by atoms with Crippen LogP contribution in [0.1, 0.15) is 22.3 Å². The third-order valence-corrected chi connectivity index (χ3v) is 4.24. The number of hydrogen-bond donors (Lipinski definition) is 2. The maximum absolute atomic E-state index is 13.6. The van der Waals surface area contributed by atoms with Gasteiger partial charge in [0.05, 0.1) is 11.3 Å². The topological polar surface area (TPSA) is 75.4 Å². The Morgan fingerprint density at radius 1 is 1.29 bits per heavy atom. The summed E-state index contributed by atoms with van der Waals surface area (Å²) < 4.78 is 13.6. The molecule has 2 aromatic rings. The number of rotatable bonds is 2. The van der Waals surface area contributed by atoms with E-state index in [1.807, 2.05) is 0 Å². The largest absolute Gasteiger partial charge is 0.396 e. The zero-order chi connectivity index (χ0) is 17.4. The number of hydrogen-bond acceptors (Lipinski definition) is 3. The van der Waals surface area contributed by atoms with Crippen LogP contribution < -0.4 is 16.0 Å². The van der Waals surface area contributed by atoms with E-state index in [1.54, 1.807) is 30.1 Å². The van der Waals surface area contributed by atoms with Crippen LogP contribution in [-0.4, -0.2) is 18.9 Å². The van der Waals surface area contributed by atoms with Gasteiger partial charge in [-0.1, -0.05) is 11.6 Å². The standard InChI is InChI=1S/C17H15ClFN3O2/c1-22-14-4-3-11(6-9(14)2-5-15(22)23)21-17(24)12-7-10(18)8-13(19)16(12)20/h3-4,6-8H,2,5,20H2,1H3,(H,21,24). The van der Waals surface area contributed by atoms with Crippen molar-refractivity contribution in [3.05, 3.63) is 52.3 Å². The van der Waals surface area contributed by atoms with Gasteiger partial charge in [-0.15, -0.1) is 0 Å². The van der Waals surface area contributed by atoms with E-state index in [4.69, 9.17) is 17.3 Å². The molecular weight excluding hydrogens is 333 g/mol. The first-order valence-electron chi connectivity index (χ1n) is 7.32. The number of anilines is 3. The number of aryl methyl sites for hydroxylation is 1. The lowest BCUT2D eigenvalue weighted by atomic mass is 10.0. The van der Waals surface area contributed by atoms with E-state index in [0.717, 1.165) is 17.3 Å². The number of benzene rings is 2. The Labute approximate surface area is 143 Å². The maximum atomic E-state index is 13.6. The number of amides is 2. The summed E-state index contributed by atoms with van der Waals surface area (Å²) in [7, 11) is 1.72. The van der Waals surface area contributed by atoms with Gasteiger partial charge in [-0.3, -0.25) is 9.59 Å². The molecular formula is C17H15ClFN3O2. The van der Waals surface area contributed by atoms with Gasteiger partial charge in [-0.25, -0.2) is 4.39 Å². The number of nitrogen functional groups attached to an aromatic ring is 1. The van der Waals surface area contributed by atoms with E-state index in [0.29, 0.717) is 18.5 Å². The molecule has 24 heavy (non-hydrogen) atoms. The van der Waals surface area contributed by atoms with Gasteiger partial charge in [0, 0.05) is 29.9 Å². The Hall–Kier alpha value is -2.60. The van der Waals surface area contributed by atoms with Crippen LogP contribution in [-0.2, 0) is 11.2 Å². The minimum Gasteiger partial charge on any atom is -0.396 e. The molecule has 0 fully saturated rings. The van der Waals surface area contributed by atoms with Crippen LogP contribution >= 0.6 is 11.6 Å². The molecule has 1 aliphatic heterocycles. The van der Waals surface area contributed by atoms with Crippen molar-refractivity contribution in [3.63, 3.8) is 0 Å². The molecule has 0 unspecified atom stereocenters. The maximum Gasteiger partial charge on any atom is 0.257 e. The predicted molar refractivity (Wildman–Crippen MR) is 91.9 cm³/mol. The molecule has 5 nitrogen and oxygen atoms in total. The summed E-state index contributed by atoms with van der Waals surface area (Å²) in [4.78, 5) is 25.6. The van der Waals surface area contributed by atoms with Crippen molar-refractivity contribution in [2.24, 2.45) is 0 Å². The lowest BCUT2D eigenvalue weighted by Crippen LogP contribution is -2.31. The van der Waals surface area contributed by atoms with E-state index in [9.17, 15) is 14.0 Å². The van der Waals surface area contributed by atoms with E-state index >= 15 is 0 Å². The molecule has 3 N–H and O–H groups in total. The monoisotopic (exact) mass is 347 g/mol. The Bertz CT molecular complexity index is 854. The number of nitrogens with zero attached hydrogens (tertiary/aromatic N) is 1. The zero-order valence-electron chi connectivity index (χ0n) is 12.9. The molecule has 0 saturated heterocycles. The van der Waals surface area contributed by atoms with Crippen molar-refractivity contribution >= 4 is 40.5 Å². The zero-order valence-corrected chi connectivity index (χ0v) is 13.7. The first-order valence-corrected chi connectivity index (χ1v) is 7.70. The van der Waals surface area contributed by atoms with E-state index in [1.165, 1.54) is 6.07 Å². The summed E-state index contributed by atoms with van der Waals surface area (Å²) in [5.74, 6) is -1.23. The highest BCUT2D eigenvalue weighted by molar-refractivity contribution is 6.31. The molecule has 2 amide bonds. The number of nitrogens with two attached hydrogens (primary N) is 1. The highest BCUT2D eigenvalue weighted by Gasteiger charge is 2.21.